The summed E-state index contributed by atoms with van der Waals surface area (Å²) >= 11 is 0. The second-order valence-corrected chi connectivity index (χ2v) is 27.1. The molecule has 12 atom stereocenters. The highest BCUT2D eigenvalue weighted by Gasteiger charge is 2.47. The van der Waals surface area contributed by atoms with E-state index >= 15 is 19.2 Å². The van der Waals surface area contributed by atoms with Gasteiger partial charge in [-0.2, -0.15) is 0 Å². The van der Waals surface area contributed by atoms with Crippen molar-refractivity contribution in [2.75, 3.05) is 62.5 Å². The molecule has 0 aliphatic carbocycles. The lowest BCUT2D eigenvalue weighted by Gasteiger charge is -2.42. The number of hydrogen-bond donors (Lipinski definition) is 5. The number of esters is 1. The zero-order chi connectivity index (χ0) is 71.3. The third-order valence-electron chi connectivity index (χ3n) is 16.4. The highest BCUT2D eigenvalue weighted by molar-refractivity contribution is 5.99. The molecule has 0 aromatic carbocycles. The molecule has 92 heavy (non-hydrogen) atoms. The van der Waals surface area contributed by atoms with Crippen LogP contribution in [0.2, 0.25) is 0 Å². The van der Waals surface area contributed by atoms with Crippen LogP contribution in [0.25, 0.3) is 0 Å². The number of aliphatic carboxylic acids is 1. The molecule has 0 unspecified atom stereocenters. The van der Waals surface area contributed by atoms with E-state index in [4.69, 9.17) is 14.7 Å². The first-order valence-corrected chi connectivity index (χ1v) is 32.0. The standard InChI is InChI=1S/C64H112N12O16/c1-25-44-60(86)70(18)32-49(78)71(19)45(28-34(2)3)57(83)69-51(38(10)11)63(89)72(20)46(29-35(4)5)56(82)66-41(15)55(81)67-42(16)59(85)73(21)47(30-36(6)7)61(87)74(22)48(31-37(8)9)62(88)75(23)52(39(12)13)64(90)76(24)53(58(84)68-44)54(92-43(17)77)40(14)26-27-65-91-33-50(79)80/h27,34-42,44-48,51-54H,25-26,28-33H2,1-24H3,(H,66,82)(H,67,81)(H,68,84)(H,69,83)(H,79,80)/b65-27+/t40-,41+,42-,44+,45+,46+,47+,48+,51+,52+,53+,54-/m1/s1. The minimum atomic E-state index is -1.77. The van der Waals surface area contributed by atoms with Crippen LogP contribution in [0, 0.1) is 41.4 Å². The van der Waals surface area contributed by atoms with Crippen molar-refractivity contribution in [3.05, 3.63) is 0 Å². The van der Waals surface area contributed by atoms with Gasteiger partial charge in [0.25, 0.3) is 0 Å². The Labute approximate surface area is 545 Å². The van der Waals surface area contributed by atoms with Gasteiger partial charge in [0.15, 0.2) is 0 Å². The van der Waals surface area contributed by atoms with Crippen LogP contribution >= 0.6 is 0 Å². The molecule has 0 aromatic rings. The SMILES string of the molecule is CC[C@@H]1NC(=O)[C@H]([C@H](OC(C)=O)[C@H](C)C/C=N/OCC(=O)O)N(C)C(=O)[C@H](C(C)C)N(C)C(=O)[C@H](CC(C)C)N(C)C(=O)[C@H](CC(C)C)N(C)C(=O)[C@@H](C)NC(=O)[C@H](C)NC(=O)[C@H](CC(C)C)N(C)C(=O)[C@H](C(C)C)NC(=O)[C@H](CC(C)C)N(C)C(=O)CN(C)C1=O. The Hall–Kier alpha value is -7.42. The number of nitrogens with zero attached hydrogens (tertiary/aromatic N) is 8. The van der Waals surface area contributed by atoms with Crippen LogP contribution < -0.4 is 21.3 Å². The van der Waals surface area contributed by atoms with Gasteiger partial charge >= 0.3 is 11.9 Å². The Morgan fingerprint density at radius 1 is 0.522 bits per heavy atom. The maximum Gasteiger partial charge on any atom is 0.344 e. The monoisotopic (exact) mass is 1300 g/mol. The largest absolute Gasteiger partial charge is 0.479 e. The first-order chi connectivity index (χ1) is 42.5. The van der Waals surface area contributed by atoms with Crippen molar-refractivity contribution < 1.29 is 77.0 Å². The molecule has 28 heteroatoms. The zero-order valence-corrected chi connectivity index (χ0v) is 59.3. The summed E-state index contributed by atoms with van der Waals surface area (Å²) in [6, 6.07) is -13.1. The molecule has 0 radical (unpaired) electrons. The molecule has 5 N–H and O–H groups in total. The zero-order valence-electron chi connectivity index (χ0n) is 59.3. The van der Waals surface area contributed by atoms with E-state index in [0.717, 1.165) is 21.6 Å². The average Bonchev–Trinajstić information content (AvgIpc) is 1.07. The summed E-state index contributed by atoms with van der Waals surface area (Å²) < 4.78 is 5.86. The normalized spacial score (nSPS) is 25.6. The van der Waals surface area contributed by atoms with Gasteiger partial charge in [-0.05, 0) is 87.9 Å². The van der Waals surface area contributed by atoms with Crippen molar-refractivity contribution in [3.8, 4) is 0 Å². The molecule has 1 aliphatic heterocycles. The van der Waals surface area contributed by atoms with Gasteiger partial charge in [-0.1, -0.05) is 102 Å². The second-order valence-electron chi connectivity index (χ2n) is 27.1. The van der Waals surface area contributed by atoms with Gasteiger partial charge in [-0.15, -0.1) is 0 Å². The fourth-order valence-electron chi connectivity index (χ4n) is 11.0. The molecule has 1 fully saturated rings. The molecule has 0 bridgehead atoms. The van der Waals surface area contributed by atoms with Gasteiger partial charge in [-0.25, -0.2) is 4.79 Å². The van der Waals surface area contributed by atoms with Gasteiger partial charge in [-0.3, -0.25) is 57.5 Å². The summed E-state index contributed by atoms with van der Waals surface area (Å²) in [7, 11) is 9.58. The van der Waals surface area contributed by atoms with Gasteiger partial charge in [0, 0.05) is 68.4 Å². The Morgan fingerprint density at radius 2 is 0.957 bits per heavy atom. The van der Waals surface area contributed by atoms with Crippen LogP contribution in [0.3, 0.4) is 0 Å². The van der Waals surface area contributed by atoms with Crippen molar-refractivity contribution in [2.24, 2.45) is 46.6 Å². The van der Waals surface area contributed by atoms with E-state index in [1.54, 1.807) is 41.5 Å². The molecule has 524 valence electrons. The molecule has 0 spiro atoms. The average molecular weight is 1310 g/mol. The minimum Gasteiger partial charge on any atom is -0.479 e. The van der Waals surface area contributed by atoms with E-state index in [0.29, 0.717) is 0 Å². The summed E-state index contributed by atoms with van der Waals surface area (Å²) in [4.78, 5) is 199. The Kier molecular flexibility index (Phi) is 34.1. The molecule has 0 saturated carbocycles. The Balaban J connectivity index is 4.48. The molecule has 1 aliphatic rings. The van der Waals surface area contributed by atoms with Crippen LogP contribution in [0.5, 0.6) is 0 Å². The van der Waals surface area contributed by atoms with Crippen LogP contribution in [-0.4, -0.2) is 252 Å². The lowest BCUT2D eigenvalue weighted by Crippen LogP contribution is -2.64. The van der Waals surface area contributed by atoms with Crippen LogP contribution in [0.1, 0.15) is 156 Å². The van der Waals surface area contributed by atoms with E-state index in [1.807, 2.05) is 55.4 Å². The van der Waals surface area contributed by atoms with E-state index in [2.05, 4.69) is 26.4 Å². The van der Waals surface area contributed by atoms with Crippen molar-refractivity contribution in [3.63, 3.8) is 0 Å². The van der Waals surface area contributed by atoms with Crippen molar-refractivity contribution in [1.29, 1.82) is 0 Å². The number of rotatable bonds is 19. The Bertz CT molecular complexity index is 2600. The summed E-state index contributed by atoms with van der Waals surface area (Å²) in [5.74, 6) is -13.2. The second kappa shape index (κ2) is 37.9. The maximum atomic E-state index is 15.4. The number of likely N-dealkylation sites (N-methyl/N-ethyl adjacent to an activating group) is 7. The van der Waals surface area contributed by atoms with Crippen LogP contribution in [-0.2, 0) is 71.9 Å². The minimum absolute atomic E-state index is 0.0772. The van der Waals surface area contributed by atoms with Crippen LogP contribution in [0.4, 0.5) is 0 Å². The van der Waals surface area contributed by atoms with Gasteiger partial charge in [0.2, 0.25) is 71.6 Å². The smallest absolute Gasteiger partial charge is 0.344 e. The fraction of sp³-hybridized carbons (Fsp3) is 0.781. The summed E-state index contributed by atoms with van der Waals surface area (Å²) in [5, 5.41) is 23.7. The number of hydrogen-bond acceptors (Lipinski definition) is 16. The molecular weight excluding hydrogens is 1190 g/mol. The van der Waals surface area contributed by atoms with Gasteiger partial charge < -0.3 is 70.2 Å². The number of nitrogens with one attached hydrogen (secondary N) is 4. The van der Waals surface area contributed by atoms with E-state index in [9.17, 15) is 43.2 Å². The number of carboxylic acids is 1. The third-order valence-corrected chi connectivity index (χ3v) is 16.4. The van der Waals surface area contributed by atoms with E-state index in [-0.39, 0.29) is 62.2 Å². The molecule has 1 rings (SSSR count). The Morgan fingerprint density at radius 3 is 1.41 bits per heavy atom. The summed E-state index contributed by atoms with van der Waals surface area (Å²) in [6.45, 7) is 27.1. The summed E-state index contributed by atoms with van der Waals surface area (Å²) in [6.07, 6.45) is -0.102. The number of oxime groups is 1. The van der Waals surface area contributed by atoms with Crippen molar-refractivity contribution in [1.82, 2.24) is 55.6 Å². The summed E-state index contributed by atoms with van der Waals surface area (Å²) in [5.41, 5.74) is 0. The quantitative estimate of drug-likeness (QED) is 0.0704. The maximum absolute atomic E-state index is 15.4. The topological polar surface area (TPSA) is 344 Å². The highest BCUT2D eigenvalue weighted by atomic mass is 16.6. The van der Waals surface area contributed by atoms with E-state index < -0.39 is 174 Å². The molecule has 11 amide bonds. The van der Waals surface area contributed by atoms with Gasteiger partial charge in [0.1, 0.15) is 66.5 Å². The lowest BCUT2D eigenvalue weighted by atomic mass is 9.91. The number of carbonyl (C=O) groups excluding carboxylic acids is 12. The predicted octanol–water partition coefficient (Wildman–Crippen LogP) is 2.35. The molecular formula is C64H112N12O16. The van der Waals surface area contributed by atoms with Crippen LogP contribution in [0.15, 0.2) is 5.16 Å². The molecule has 0 aromatic heterocycles. The number of ether oxygens (including phenoxy) is 1. The molecule has 1 heterocycles. The van der Waals surface area contributed by atoms with Gasteiger partial charge in [0.05, 0.1) is 6.54 Å². The number of carbonyl (C=O) groups is 13. The third kappa shape index (κ3) is 24.2. The predicted molar refractivity (Wildman–Crippen MR) is 345 cm³/mol. The first-order valence-electron chi connectivity index (χ1n) is 32.0. The van der Waals surface area contributed by atoms with Crippen molar-refractivity contribution in [2.45, 2.75) is 223 Å². The number of amides is 11. The van der Waals surface area contributed by atoms with Crippen molar-refractivity contribution >= 4 is 83.1 Å². The lowest BCUT2D eigenvalue weighted by molar-refractivity contribution is -0.164. The molecule has 1 saturated heterocycles. The fourth-order valence-corrected chi connectivity index (χ4v) is 11.0. The first kappa shape index (κ1) is 82.6. The molecule has 28 nitrogen and oxygen atoms in total. The number of carboxylic acid groups (broad SMARTS) is 1. The van der Waals surface area contributed by atoms with E-state index in [1.165, 1.54) is 89.0 Å². The highest BCUT2D eigenvalue weighted by Crippen LogP contribution is 2.27.